The van der Waals surface area contributed by atoms with Crippen LogP contribution in [0.5, 0.6) is 0 Å². The quantitative estimate of drug-likeness (QED) is 0.741. The third-order valence-electron chi connectivity index (χ3n) is 2.58. The maximum absolute atomic E-state index is 5.77. The number of aryl methyl sites for hydroxylation is 1. The molecule has 0 N–H and O–H groups in total. The Labute approximate surface area is 97.5 Å². The highest BCUT2D eigenvalue weighted by Gasteiger charge is 2.21. The highest BCUT2D eigenvalue weighted by Crippen LogP contribution is 2.34. The topological polar surface area (TPSA) is 9.23 Å². The minimum atomic E-state index is -0.390. The van der Waals surface area contributed by atoms with E-state index in [0.717, 1.165) is 12.8 Å². The van der Waals surface area contributed by atoms with Crippen LogP contribution in [-0.4, -0.2) is 4.47 Å². The molecule has 1 aliphatic carbocycles. The normalized spacial score (nSPS) is 22.9. The van der Waals surface area contributed by atoms with Gasteiger partial charge in [-0.05, 0) is 46.3 Å². The standard InChI is InChI=1S/C11H12BrClO/c12-11(13)14-10-7-3-5-8-4-1-2-6-9(8)10/h1-2,4,6,10-11H,3,5,7H2. The van der Waals surface area contributed by atoms with Crippen molar-refractivity contribution < 1.29 is 4.74 Å². The predicted molar refractivity (Wildman–Crippen MR) is 61.8 cm³/mol. The van der Waals surface area contributed by atoms with Crippen LogP contribution in [0.1, 0.15) is 30.1 Å². The summed E-state index contributed by atoms with van der Waals surface area (Å²) < 4.78 is 5.21. The number of halogens is 2. The van der Waals surface area contributed by atoms with Crippen molar-refractivity contribution in [3.05, 3.63) is 35.4 Å². The molecule has 2 rings (SSSR count). The Balaban J connectivity index is 2.22. The number of fused-ring (bicyclic) bond motifs is 1. The summed E-state index contributed by atoms with van der Waals surface area (Å²) in [5, 5.41) is 0. The van der Waals surface area contributed by atoms with Crippen molar-refractivity contribution in [2.75, 3.05) is 0 Å². The van der Waals surface area contributed by atoms with Gasteiger partial charge in [0.25, 0.3) is 0 Å². The smallest absolute Gasteiger partial charge is 0.187 e. The summed E-state index contributed by atoms with van der Waals surface area (Å²) in [5.74, 6) is 0. The van der Waals surface area contributed by atoms with Crippen molar-refractivity contribution in [2.45, 2.75) is 29.8 Å². The van der Waals surface area contributed by atoms with Crippen LogP contribution >= 0.6 is 27.5 Å². The Morgan fingerprint density at radius 1 is 1.43 bits per heavy atom. The maximum Gasteiger partial charge on any atom is 0.187 e. The molecule has 1 aromatic carbocycles. The molecule has 0 aliphatic heterocycles. The van der Waals surface area contributed by atoms with E-state index in [1.165, 1.54) is 17.5 Å². The molecule has 14 heavy (non-hydrogen) atoms. The number of rotatable bonds is 2. The van der Waals surface area contributed by atoms with Gasteiger partial charge in [-0.1, -0.05) is 35.9 Å². The van der Waals surface area contributed by atoms with Gasteiger partial charge in [0.1, 0.15) is 0 Å². The van der Waals surface area contributed by atoms with Gasteiger partial charge in [0.05, 0.1) is 6.10 Å². The molecule has 2 unspecified atom stereocenters. The molecule has 0 amide bonds. The minimum Gasteiger partial charge on any atom is -0.345 e. The Bertz CT molecular complexity index is 314. The summed E-state index contributed by atoms with van der Waals surface area (Å²) in [6, 6.07) is 8.43. The first-order valence-electron chi connectivity index (χ1n) is 4.79. The number of hydrogen-bond donors (Lipinski definition) is 0. The number of alkyl halides is 2. The lowest BCUT2D eigenvalue weighted by Crippen LogP contribution is -2.14. The van der Waals surface area contributed by atoms with E-state index in [1.54, 1.807) is 0 Å². The summed E-state index contributed by atoms with van der Waals surface area (Å²) >= 11 is 8.98. The molecule has 0 spiro atoms. The van der Waals surface area contributed by atoms with Crippen molar-refractivity contribution in [3.63, 3.8) is 0 Å². The second kappa shape index (κ2) is 4.65. The summed E-state index contributed by atoms with van der Waals surface area (Å²) in [6.07, 6.45) is 3.55. The van der Waals surface area contributed by atoms with Crippen molar-refractivity contribution in [1.29, 1.82) is 0 Å². The van der Waals surface area contributed by atoms with Gasteiger partial charge in [-0.15, -0.1) is 0 Å². The third-order valence-corrected chi connectivity index (χ3v) is 2.90. The van der Waals surface area contributed by atoms with E-state index >= 15 is 0 Å². The van der Waals surface area contributed by atoms with Crippen LogP contribution in [0, 0.1) is 0 Å². The molecule has 1 aliphatic rings. The molecule has 1 nitrogen and oxygen atoms in total. The van der Waals surface area contributed by atoms with Gasteiger partial charge in [0, 0.05) is 0 Å². The molecule has 0 saturated carbocycles. The van der Waals surface area contributed by atoms with Gasteiger partial charge in [0.15, 0.2) is 4.47 Å². The SMILES string of the molecule is ClC(Br)OC1CCCc2ccccc21. The number of hydrogen-bond acceptors (Lipinski definition) is 1. The second-order valence-electron chi connectivity index (χ2n) is 3.48. The zero-order valence-corrected chi connectivity index (χ0v) is 10.1. The van der Waals surface area contributed by atoms with Crippen LogP contribution in [0.15, 0.2) is 24.3 Å². The molecular formula is C11H12BrClO. The second-order valence-corrected chi connectivity index (χ2v) is 5.23. The average molecular weight is 276 g/mol. The van der Waals surface area contributed by atoms with Crippen LogP contribution in [0.4, 0.5) is 0 Å². The van der Waals surface area contributed by atoms with Crippen molar-refractivity contribution in [2.24, 2.45) is 0 Å². The first-order chi connectivity index (χ1) is 6.77. The van der Waals surface area contributed by atoms with Crippen LogP contribution in [0.2, 0.25) is 0 Å². The van der Waals surface area contributed by atoms with Crippen LogP contribution in [-0.2, 0) is 11.2 Å². The molecular weight excluding hydrogens is 263 g/mol. The Morgan fingerprint density at radius 2 is 2.21 bits per heavy atom. The third kappa shape index (κ3) is 2.30. The van der Waals surface area contributed by atoms with E-state index in [1.807, 2.05) is 0 Å². The minimum absolute atomic E-state index is 0.154. The number of ether oxygens (including phenoxy) is 1. The highest BCUT2D eigenvalue weighted by atomic mass is 79.9. The summed E-state index contributed by atoms with van der Waals surface area (Å²) in [6.45, 7) is 0. The molecule has 0 bridgehead atoms. The lowest BCUT2D eigenvalue weighted by molar-refractivity contribution is 0.0605. The summed E-state index contributed by atoms with van der Waals surface area (Å²) in [7, 11) is 0. The van der Waals surface area contributed by atoms with Crippen LogP contribution in [0.25, 0.3) is 0 Å². The highest BCUT2D eigenvalue weighted by molar-refractivity contribution is 9.10. The summed E-state index contributed by atoms with van der Waals surface area (Å²) in [5.41, 5.74) is 2.69. The zero-order chi connectivity index (χ0) is 9.97. The monoisotopic (exact) mass is 274 g/mol. The van der Waals surface area contributed by atoms with E-state index in [9.17, 15) is 0 Å². The van der Waals surface area contributed by atoms with Gasteiger partial charge in [-0.3, -0.25) is 0 Å². The van der Waals surface area contributed by atoms with E-state index in [-0.39, 0.29) is 6.10 Å². The summed E-state index contributed by atoms with van der Waals surface area (Å²) in [4.78, 5) is 0. The van der Waals surface area contributed by atoms with E-state index in [4.69, 9.17) is 16.3 Å². The largest absolute Gasteiger partial charge is 0.345 e. The molecule has 0 saturated heterocycles. The fraction of sp³-hybridized carbons (Fsp3) is 0.455. The lowest BCUT2D eigenvalue weighted by Gasteiger charge is -2.25. The maximum atomic E-state index is 5.77. The average Bonchev–Trinajstić information content (AvgIpc) is 2.18. The van der Waals surface area contributed by atoms with E-state index in [2.05, 4.69) is 40.2 Å². The molecule has 0 radical (unpaired) electrons. The molecule has 76 valence electrons. The van der Waals surface area contributed by atoms with Gasteiger partial charge >= 0.3 is 0 Å². The van der Waals surface area contributed by atoms with Gasteiger partial charge in [0.2, 0.25) is 0 Å². The lowest BCUT2D eigenvalue weighted by atomic mass is 9.89. The molecule has 0 aromatic heterocycles. The van der Waals surface area contributed by atoms with Crippen LogP contribution in [0.3, 0.4) is 0 Å². The van der Waals surface area contributed by atoms with Gasteiger partial charge in [-0.2, -0.15) is 0 Å². The van der Waals surface area contributed by atoms with Crippen LogP contribution < -0.4 is 0 Å². The molecule has 2 atom stereocenters. The first kappa shape index (κ1) is 10.5. The zero-order valence-electron chi connectivity index (χ0n) is 7.75. The molecule has 1 aromatic rings. The molecule has 0 heterocycles. The van der Waals surface area contributed by atoms with Gasteiger partial charge in [-0.25, -0.2) is 0 Å². The number of benzene rings is 1. The fourth-order valence-corrected chi connectivity index (χ4v) is 2.36. The Morgan fingerprint density at radius 3 is 3.00 bits per heavy atom. The fourth-order valence-electron chi connectivity index (χ4n) is 1.97. The van der Waals surface area contributed by atoms with Crippen molar-refractivity contribution >= 4 is 27.5 Å². The van der Waals surface area contributed by atoms with E-state index < -0.39 is 4.47 Å². The molecule has 3 heteroatoms. The van der Waals surface area contributed by atoms with Gasteiger partial charge < -0.3 is 4.74 Å². The predicted octanol–water partition coefficient (Wildman–Crippen LogP) is 4.00. The Hall–Kier alpha value is -0.0500. The van der Waals surface area contributed by atoms with Crippen molar-refractivity contribution in [1.82, 2.24) is 0 Å². The van der Waals surface area contributed by atoms with Crippen molar-refractivity contribution in [3.8, 4) is 0 Å². The molecule has 0 fully saturated rings. The van der Waals surface area contributed by atoms with E-state index in [0.29, 0.717) is 0 Å². The Kier molecular flexibility index (Phi) is 3.47. The first-order valence-corrected chi connectivity index (χ1v) is 6.14.